The van der Waals surface area contributed by atoms with Crippen LogP contribution >= 0.6 is 11.6 Å². The number of furan rings is 1. The predicted octanol–water partition coefficient (Wildman–Crippen LogP) is 4.43. The van der Waals surface area contributed by atoms with Gasteiger partial charge in [-0.05, 0) is 48.9 Å². The first-order valence-electron chi connectivity index (χ1n) is 7.70. The minimum absolute atomic E-state index is 0.0964. The first-order valence-corrected chi connectivity index (χ1v) is 9.73. The smallest absolute Gasteiger partial charge is 0.379 e. The maximum atomic E-state index is 12.4. The molecule has 0 bridgehead atoms. The monoisotopic (exact) mass is 390 g/mol. The molecule has 0 saturated carbocycles. The van der Waals surface area contributed by atoms with Gasteiger partial charge in [0, 0.05) is 0 Å². The molecule has 0 aliphatic heterocycles. The Morgan fingerprint density at radius 2 is 1.81 bits per heavy atom. The van der Waals surface area contributed by atoms with Crippen molar-refractivity contribution in [2.75, 3.05) is 0 Å². The molecule has 0 atom stereocenters. The number of carbonyl (C=O) groups excluding carboxylic acids is 1. The summed E-state index contributed by atoms with van der Waals surface area (Å²) in [5.74, 6) is -0.834. The van der Waals surface area contributed by atoms with E-state index in [1.165, 1.54) is 24.3 Å². The van der Waals surface area contributed by atoms with Crippen molar-refractivity contribution in [2.24, 2.45) is 0 Å². The highest BCUT2D eigenvalue weighted by Crippen LogP contribution is 2.26. The lowest BCUT2D eigenvalue weighted by Crippen LogP contribution is -2.08. The minimum Gasteiger partial charge on any atom is -0.453 e. The van der Waals surface area contributed by atoms with E-state index in [-0.39, 0.29) is 27.9 Å². The topological polar surface area (TPSA) is 73.6 Å². The molecule has 0 aliphatic rings. The van der Waals surface area contributed by atoms with Crippen LogP contribution in [0.2, 0.25) is 5.02 Å². The Morgan fingerprint density at radius 3 is 2.54 bits per heavy atom. The number of esters is 1. The molecule has 3 rings (SSSR count). The Morgan fingerprint density at radius 1 is 1.08 bits per heavy atom. The van der Waals surface area contributed by atoms with Crippen molar-refractivity contribution in [1.82, 2.24) is 0 Å². The zero-order chi connectivity index (χ0) is 18.7. The molecule has 1 heterocycles. The highest BCUT2D eigenvalue weighted by molar-refractivity contribution is 7.90. The molecule has 0 amide bonds. The van der Waals surface area contributed by atoms with Crippen LogP contribution in [0.5, 0.6) is 5.75 Å². The van der Waals surface area contributed by atoms with E-state index in [1.54, 1.807) is 36.4 Å². The highest BCUT2D eigenvalue weighted by atomic mass is 35.5. The lowest BCUT2D eigenvalue weighted by Gasteiger charge is -2.05. The average Bonchev–Trinajstić information content (AvgIpc) is 3.07. The van der Waals surface area contributed by atoms with Crippen molar-refractivity contribution in [1.29, 1.82) is 0 Å². The van der Waals surface area contributed by atoms with E-state index in [0.717, 1.165) is 5.56 Å². The normalized spacial score (nSPS) is 11.3. The molecule has 0 N–H and O–H groups in total. The van der Waals surface area contributed by atoms with Gasteiger partial charge in [-0.15, -0.1) is 0 Å². The number of aryl methyl sites for hydroxylation is 1. The molecule has 0 unspecified atom stereocenters. The molecule has 1 aromatic heterocycles. The van der Waals surface area contributed by atoms with Crippen molar-refractivity contribution in [3.63, 3.8) is 0 Å². The summed E-state index contributed by atoms with van der Waals surface area (Å²) >= 11 is 6.00. The van der Waals surface area contributed by atoms with Crippen LogP contribution in [0.15, 0.2) is 70.0 Å². The van der Waals surface area contributed by atoms with Gasteiger partial charge in [-0.3, -0.25) is 0 Å². The molecule has 0 saturated heterocycles. The van der Waals surface area contributed by atoms with Gasteiger partial charge in [0.25, 0.3) is 0 Å². The SMILES string of the molecule is Cc1ccc(Cl)c(OC(=O)c2ccc(CS(=O)(=O)c3ccccc3)o2)c1. The molecular formula is C19H15ClO5S. The zero-order valence-electron chi connectivity index (χ0n) is 13.8. The average molecular weight is 391 g/mol. The van der Waals surface area contributed by atoms with Crippen LogP contribution in [-0.2, 0) is 15.6 Å². The van der Waals surface area contributed by atoms with Gasteiger partial charge in [-0.2, -0.15) is 0 Å². The highest BCUT2D eigenvalue weighted by Gasteiger charge is 2.20. The number of rotatable bonds is 5. The molecule has 0 aliphatic carbocycles. The number of sulfone groups is 1. The van der Waals surface area contributed by atoms with Crippen LogP contribution in [0.1, 0.15) is 21.9 Å². The van der Waals surface area contributed by atoms with Gasteiger partial charge in [-0.25, -0.2) is 13.2 Å². The molecule has 0 radical (unpaired) electrons. The number of ether oxygens (including phenoxy) is 1. The van der Waals surface area contributed by atoms with Gasteiger partial charge < -0.3 is 9.15 Å². The van der Waals surface area contributed by atoms with E-state index < -0.39 is 15.8 Å². The summed E-state index contributed by atoms with van der Waals surface area (Å²) in [6, 6.07) is 15.9. The van der Waals surface area contributed by atoms with E-state index >= 15 is 0 Å². The molecule has 26 heavy (non-hydrogen) atoms. The Hall–Kier alpha value is -2.57. The standard InChI is InChI=1S/C19H15ClO5S/c1-13-7-9-16(20)18(11-13)25-19(21)17-10-8-14(24-17)12-26(22,23)15-5-3-2-4-6-15/h2-11H,12H2,1H3. The van der Waals surface area contributed by atoms with Crippen molar-refractivity contribution < 1.29 is 22.4 Å². The van der Waals surface area contributed by atoms with Gasteiger partial charge >= 0.3 is 5.97 Å². The summed E-state index contributed by atoms with van der Waals surface area (Å²) in [6.45, 7) is 1.84. The Kier molecular flexibility index (Phi) is 5.15. The van der Waals surface area contributed by atoms with E-state index in [2.05, 4.69) is 0 Å². The molecule has 0 fully saturated rings. The first-order chi connectivity index (χ1) is 12.3. The van der Waals surface area contributed by atoms with Gasteiger partial charge in [-0.1, -0.05) is 35.9 Å². The summed E-state index contributed by atoms with van der Waals surface area (Å²) < 4.78 is 35.3. The Balaban J connectivity index is 1.75. The second-order valence-corrected chi connectivity index (χ2v) is 8.06. The molecular weight excluding hydrogens is 376 g/mol. The van der Waals surface area contributed by atoms with Crippen LogP contribution in [0, 0.1) is 6.92 Å². The van der Waals surface area contributed by atoms with Gasteiger partial charge in [0.1, 0.15) is 17.3 Å². The minimum atomic E-state index is -3.56. The van der Waals surface area contributed by atoms with Gasteiger partial charge in [0.2, 0.25) is 5.76 Å². The first kappa shape index (κ1) is 18.2. The van der Waals surface area contributed by atoms with E-state index in [0.29, 0.717) is 5.02 Å². The molecule has 2 aromatic carbocycles. The number of hydrogen-bond donors (Lipinski definition) is 0. The third kappa shape index (κ3) is 4.15. The Labute approximate surface area is 156 Å². The second-order valence-electron chi connectivity index (χ2n) is 5.66. The van der Waals surface area contributed by atoms with Crippen molar-refractivity contribution >= 4 is 27.4 Å². The summed E-state index contributed by atoms with van der Waals surface area (Å²) in [7, 11) is -3.56. The fourth-order valence-electron chi connectivity index (χ4n) is 2.30. The predicted molar refractivity (Wildman–Crippen MR) is 97.2 cm³/mol. The number of benzene rings is 2. The molecule has 7 heteroatoms. The van der Waals surface area contributed by atoms with Gasteiger partial charge in [0.05, 0.1) is 9.92 Å². The summed E-state index contributed by atoms with van der Waals surface area (Å²) in [4.78, 5) is 12.4. The molecule has 134 valence electrons. The van der Waals surface area contributed by atoms with E-state index in [4.69, 9.17) is 20.8 Å². The second kappa shape index (κ2) is 7.35. The summed E-state index contributed by atoms with van der Waals surface area (Å²) in [5.41, 5.74) is 0.881. The van der Waals surface area contributed by atoms with Crippen LogP contribution in [-0.4, -0.2) is 14.4 Å². The number of hydrogen-bond acceptors (Lipinski definition) is 5. The number of halogens is 1. The van der Waals surface area contributed by atoms with Crippen LogP contribution in [0.25, 0.3) is 0 Å². The maximum absolute atomic E-state index is 12.4. The number of carbonyl (C=O) groups is 1. The van der Waals surface area contributed by atoms with Gasteiger partial charge in [0.15, 0.2) is 9.84 Å². The quantitative estimate of drug-likeness (QED) is 0.475. The summed E-state index contributed by atoms with van der Waals surface area (Å²) in [5, 5.41) is 0.294. The summed E-state index contributed by atoms with van der Waals surface area (Å²) in [6.07, 6.45) is 0. The van der Waals surface area contributed by atoms with Crippen LogP contribution in [0.4, 0.5) is 0 Å². The van der Waals surface area contributed by atoms with E-state index in [9.17, 15) is 13.2 Å². The largest absolute Gasteiger partial charge is 0.453 e. The van der Waals surface area contributed by atoms with E-state index in [1.807, 2.05) is 6.92 Å². The zero-order valence-corrected chi connectivity index (χ0v) is 15.4. The Bertz CT molecular complexity index is 1040. The maximum Gasteiger partial charge on any atom is 0.379 e. The van der Waals surface area contributed by atoms with Crippen molar-refractivity contribution in [2.45, 2.75) is 17.6 Å². The van der Waals surface area contributed by atoms with Crippen LogP contribution in [0.3, 0.4) is 0 Å². The molecule has 0 spiro atoms. The van der Waals surface area contributed by atoms with Crippen molar-refractivity contribution in [3.8, 4) is 5.75 Å². The fourth-order valence-corrected chi connectivity index (χ4v) is 3.73. The third-order valence-electron chi connectivity index (χ3n) is 3.59. The fraction of sp³-hybridized carbons (Fsp3) is 0.105. The third-order valence-corrected chi connectivity index (χ3v) is 5.55. The van der Waals surface area contributed by atoms with Crippen molar-refractivity contribution in [3.05, 3.63) is 82.8 Å². The van der Waals surface area contributed by atoms with Crippen LogP contribution < -0.4 is 4.74 Å². The lowest BCUT2D eigenvalue weighted by atomic mass is 10.2. The molecule has 5 nitrogen and oxygen atoms in total. The lowest BCUT2D eigenvalue weighted by molar-refractivity contribution is 0.0699. The molecule has 3 aromatic rings.